The Labute approximate surface area is 117 Å². The molecule has 0 aliphatic rings. The molecule has 108 valence electrons. The monoisotopic (exact) mass is 279 g/mol. The number of methoxy groups -OCH3 is 1. The van der Waals surface area contributed by atoms with Crippen LogP contribution < -0.4 is 20.2 Å². The van der Waals surface area contributed by atoms with Gasteiger partial charge in [-0.1, -0.05) is 0 Å². The molecule has 0 bridgehead atoms. The summed E-state index contributed by atoms with van der Waals surface area (Å²) in [6.07, 6.45) is 1.41. The second-order valence-electron chi connectivity index (χ2n) is 3.62. The van der Waals surface area contributed by atoms with Crippen molar-refractivity contribution in [1.82, 2.24) is 10.7 Å². The van der Waals surface area contributed by atoms with Gasteiger partial charge >= 0.3 is 11.8 Å². The van der Waals surface area contributed by atoms with E-state index in [0.29, 0.717) is 23.7 Å². The van der Waals surface area contributed by atoms with Crippen LogP contribution in [0.3, 0.4) is 0 Å². The first-order chi connectivity index (χ1) is 9.62. The van der Waals surface area contributed by atoms with Gasteiger partial charge in [0.2, 0.25) is 0 Å². The van der Waals surface area contributed by atoms with E-state index >= 15 is 0 Å². The van der Waals surface area contributed by atoms with E-state index in [1.54, 1.807) is 25.3 Å². The average molecular weight is 279 g/mol. The third-order valence-corrected chi connectivity index (χ3v) is 2.30. The highest BCUT2D eigenvalue weighted by Gasteiger charge is 2.09. The van der Waals surface area contributed by atoms with Crippen LogP contribution in [0.2, 0.25) is 0 Å². The van der Waals surface area contributed by atoms with Gasteiger partial charge in [0.05, 0.1) is 19.9 Å². The number of carbonyl (C=O) groups is 2. The number of hydrogen-bond donors (Lipinski definition) is 2. The minimum Gasteiger partial charge on any atom is -0.493 e. The number of nitrogens with zero attached hydrogens (tertiary/aromatic N) is 1. The fourth-order valence-electron chi connectivity index (χ4n) is 1.37. The Morgan fingerprint density at radius 3 is 2.65 bits per heavy atom. The Kier molecular flexibility index (Phi) is 6.02. The Hall–Kier alpha value is -2.57. The molecule has 0 unspecified atom stereocenters. The second-order valence-corrected chi connectivity index (χ2v) is 3.62. The van der Waals surface area contributed by atoms with Gasteiger partial charge < -0.3 is 14.8 Å². The third-order valence-electron chi connectivity index (χ3n) is 2.30. The lowest BCUT2D eigenvalue weighted by molar-refractivity contribution is -0.138. The van der Waals surface area contributed by atoms with Crippen LogP contribution >= 0.6 is 0 Å². The van der Waals surface area contributed by atoms with Crippen molar-refractivity contribution in [3.05, 3.63) is 23.8 Å². The summed E-state index contributed by atoms with van der Waals surface area (Å²) in [5.41, 5.74) is 2.81. The standard InChI is InChI=1S/C13H17N3O4/c1-4-20-11-7-9(5-6-10(11)19-3)8-15-16-13(18)12(17)14-2/h5-8H,4H2,1-3H3,(H,14,17)(H,16,18)/b15-8-. The van der Waals surface area contributed by atoms with E-state index in [0.717, 1.165) is 0 Å². The molecule has 0 saturated carbocycles. The summed E-state index contributed by atoms with van der Waals surface area (Å²) in [4.78, 5) is 22.1. The van der Waals surface area contributed by atoms with Gasteiger partial charge in [0.1, 0.15) is 0 Å². The molecule has 0 aliphatic carbocycles. The predicted octanol–water partition coefficient (Wildman–Crippen LogP) is 0.290. The van der Waals surface area contributed by atoms with E-state index in [1.807, 2.05) is 6.92 Å². The predicted molar refractivity (Wildman–Crippen MR) is 74.0 cm³/mol. The van der Waals surface area contributed by atoms with Crippen molar-refractivity contribution in [2.75, 3.05) is 20.8 Å². The zero-order valence-electron chi connectivity index (χ0n) is 11.6. The van der Waals surface area contributed by atoms with Crippen LogP contribution in [-0.4, -0.2) is 38.8 Å². The molecule has 0 atom stereocenters. The summed E-state index contributed by atoms with van der Waals surface area (Å²) in [5, 5.41) is 5.88. The maximum atomic E-state index is 11.2. The van der Waals surface area contributed by atoms with Gasteiger partial charge in [0.15, 0.2) is 11.5 Å². The van der Waals surface area contributed by atoms with Crippen molar-refractivity contribution in [3.8, 4) is 11.5 Å². The fourth-order valence-corrected chi connectivity index (χ4v) is 1.37. The fraction of sp³-hybridized carbons (Fsp3) is 0.308. The maximum absolute atomic E-state index is 11.2. The molecule has 2 amide bonds. The van der Waals surface area contributed by atoms with Crippen molar-refractivity contribution in [1.29, 1.82) is 0 Å². The Morgan fingerprint density at radius 1 is 1.30 bits per heavy atom. The molecule has 0 fully saturated rings. The van der Waals surface area contributed by atoms with Crippen LogP contribution in [0, 0.1) is 0 Å². The zero-order valence-corrected chi connectivity index (χ0v) is 11.6. The van der Waals surface area contributed by atoms with E-state index in [4.69, 9.17) is 9.47 Å². The minimum absolute atomic E-state index is 0.504. The number of nitrogens with one attached hydrogen (secondary N) is 2. The Bertz CT molecular complexity index is 514. The summed E-state index contributed by atoms with van der Waals surface area (Å²) in [7, 11) is 2.92. The topological polar surface area (TPSA) is 89.0 Å². The largest absolute Gasteiger partial charge is 0.493 e. The quantitative estimate of drug-likeness (QED) is 0.460. The van der Waals surface area contributed by atoms with Gasteiger partial charge in [0.25, 0.3) is 0 Å². The van der Waals surface area contributed by atoms with E-state index in [-0.39, 0.29) is 0 Å². The van der Waals surface area contributed by atoms with Crippen LogP contribution in [0.15, 0.2) is 23.3 Å². The van der Waals surface area contributed by atoms with Crippen LogP contribution in [0.25, 0.3) is 0 Å². The number of benzene rings is 1. The van der Waals surface area contributed by atoms with Crippen LogP contribution in [-0.2, 0) is 9.59 Å². The molecular formula is C13H17N3O4. The molecular weight excluding hydrogens is 262 g/mol. The summed E-state index contributed by atoms with van der Waals surface area (Å²) in [6.45, 7) is 2.37. The van der Waals surface area contributed by atoms with Gasteiger partial charge in [-0.3, -0.25) is 9.59 Å². The van der Waals surface area contributed by atoms with E-state index in [1.165, 1.54) is 13.3 Å². The number of rotatable bonds is 5. The lowest BCUT2D eigenvalue weighted by Crippen LogP contribution is -2.35. The van der Waals surface area contributed by atoms with Crippen molar-refractivity contribution < 1.29 is 19.1 Å². The first-order valence-corrected chi connectivity index (χ1v) is 5.98. The molecule has 1 aromatic carbocycles. The summed E-state index contributed by atoms with van der Waals surface area (Å²) >= 11 is 0. The van der Waals surface area contributed by atoms with Gasteiger partial charge in [-0.25, -0.2) is 5.43 Å². The smallest absolute Gasteiger partial charge is 0.329 e. The normalized spacial score (nSPS) is 10.2. The molecule has 0 aliphatic heterocycles. The van der Waals surface area contributed by atoms with Crippen molar-refractivity contribution in [3.63, 3.8) is 0 Å². The van der Waals surface area contributed by atoms with Gasteiger partial charge in [0, 0.05) is 7.05 Å². The molecule has 1 aromatic rings. The number of ether oxygens (including phenoxy) is 2. The molecule has 0 heterocycles. The third kappa shape index (κ3) is 4.27. The van der Waals surface area contributed by atoms with Gasteiger partial charge in [-0.05, 0) is 30.7 Å². The van der Waals surface area contributed by atoms with Crippen molar-refractivity contribution in [2.45, 2.75) is 6.92 Å². The highest BCUT2D eigenvalue weighted by molar-refractivity contribution is 6.34. The lowest BCUT2D eigenvalue weighted by Gasteiger charge is -2.09. The zero-order chi connectivity index (χ0) is 15.0. The number of carbonyl (C=O) groups excluding carboxylic acids is 2. The first kappa shape index (κ1) is 15.5. The average Bonchev–Trinajstić information content (AvgIpc) is 2.47. The first-order valence-electron chi connectivity index (χ1n) is 5.98. The van der Waals surface area contributed by atoms with E-state index in [2.05, 4.69) is 15.8 Å². The van der Waals surface area contributed by atoms with E-state index < -0.39 is 11.8 Å². The summed E-state index contributed by atoms with van der Waals surface area (Å²) in [5.74, 6) is -0.399. The second kappa shape index (κ2) is 7.78. The highest BCUT2D eigenvalue weighted by Crippen LogP contribution is 2.27. The molecule has 0 spiro atoms. The number of likely N-dealkylation sites (N-methyl/N-ethyl adjacent to an activating group) is 1. The molecule has 7 heteroatoms. The number of hydrogen-bond acceptors (Lipinski definition) is 5. The molecule has 0 radical (unpaired) electrons. The van der Waals surface area contributed by atoms with Crippen molar-refractivity contribution in [2.24, 2.45) is 5.10 Å². The number of amides is 2. The van der Waals surface area contributed by atoms with Crippen LogP contribution in [0.4, 0.5) is 0 Å². The van der Waals surface area contributed by atoms with Crippen LogP contribution in [0.5, 0.6) is 11.5 Å². The Morgan fingerprint density at radius 2 is 2.05 bits per heavy atom. The lowest BCUT2D eigenvalue weighted by atomic mass is 10.2. The van der Waals surface area contributed by atoms with Crippen LogP contribution in [0.1, 0.15) is 12.5 Å². The SMILES string of the molecule is CCOc1cc(/C=N\NC(=O)C(=O)NC)ccc1OC. The van der Waals surface area contributed by atoms with Gasteiger partial charge in [-0.15, -0.1) is 0 Å². The molecule has 0 saturated heterocycles. The molecule has 1 rings (SSSR count). The summed E-state index contributed by atoms with van der Waals surface area (Å²) in [6, 6.07) is 5.20. The van der Waals surface area contributed by atoms with Crippen molar-refractivity contribution >= 4 is 18.0 Å². The minimum atomic E-state index is -0.831. The van der Waals surface area contributed by atoms with E-state index in [9.17, 15) is 9.59 Å². The molecule has 7 nitrogen and oxygen atoms in total. The molecule has 2 N–H and O–H groups in total. The molecule has 20 heavy (non-hydrogen) atoms. The van der Waals surface area contributed by atoms with Gasteiger partial charge in [-0.2, -0.15) is 5.10 Å². The number of hydrazone groups is 1. The molecule has 0 aromatic heterocycles. The Balaban J connectivity index is 2.75. The maximum Gasteiger partial charge on any atom is 0.329 e. The summed E-state index contributed by atoms with van der Waals surface area (Å²) < 4.78 is 10.6. The highest BCUT2D eigenvalue weighted by atomic mass is 16.5.